The van der Waals surface area contributed by atoms with Crippen LogP contribution in [0.25, 0.3) is 0 Å². The maximum Gasteiger partial charge on any atom is 0.0269 e. The molecule has 0 aromatic carbocycles. The Bertz CT molecular complexity index is 116. The van der Waals surface area contributed by atoms with Crippen LogP contribution in [0.2, 0.25) is 0 Å². The summed E-state index contributed by atoms with van der Waals surface area (Å²) in [6.07, 6.45) is 8.20. The molecular weight excluding hydrogens is 84.1 g/mol. The maximum absolute atomic E-state index is 5.10. The molecule has 0 unspecified atom stereocenters. The van der Waals surface area contributed by atoms with Crippen molar-refractivity contribution in [3.05, 3.63) is 12.7 Å². The summed E-state index contributed by atoms with van der Waals surface area (Å²) in [5.74, 6) is 3.84. The first kappa shape index (κ1) is 4.46. The van der Waals surface area contributed by atoms with Crippen LogP contribution in [0, 0.1) is 24.2 Å². The third kappa shape index (κ3) is 0.667. The Hall–Kier alpha value is -0.700. The summed E-state index contributed by atoms with van der Waals surface area (Å²) < 4.78 is 0. The lowest BCUT2D eigenvalue weighted by molar-refractivity contribution is 1.03. The lowest BCUT2D eigenvalue weighted by atomic mass is 10.3. The summed E-state index contributed by atoms with van der Waals surface area (Å²) in [7, 11) is 0. The van der Waals surface area contributed by atoms with Gasteiger partial charge in [-0.25, -0.2) is 0 Å². The molecule has 0 N–H and O–H groups in total. The molecule has 0 aliphatic heterocycles. The van der Waals surface area contributed by atoms with Gasteiger partial charge in [0.05, 0.1) is 0 Å². The molecule has 0 heterocycles. The van der Waals surface area contributed by atoms with Crippen molar-refractivity contribution in [1.29, 1.82) is 0 Å². The molecule has 36 valence electrons. The van der Waals surface area contributed by atoms with Crippen molar-refractivity contribution in [3.8, 4) is 12.3 Å². The van der Waals surface area contributed by atoms with Crippen LogP contribution in [0.5, 0.6) is 0 Å². The fourth-order valence-electron chi connectivity index (χ4n) is 0.667. The monoisotopic (exact) mass is 92.1 g/mol. The van der Waals surface area contributed by atoms with Crippen molar-refractivity contribution in [2.24, 2.45) is 11.8 Å². The van der Waals surface area contributed by atoms with E-state index in [-0.39, 0.29) is 0 Å². The summed E-state index contributed by atoms with van der Waals surface area (Å²) in [5.41, 5.74) is 0. The van der Waals surface area contributed by atoms with Crippen molar-refractivity contribution >= 4 is 0 Å². The smallest absolute Gasteiger partial charge is 0.0269 e. The summed E-state index contributed by atoms with van der Waals surface area (Å²) in [5, 5.41) is 0. The van der Waals surface area contributed by atoms with E-state index in [4.69, 9.17) is 6.42 Å². The SMILES string of the molecule is C#C[C@H]1C[C@H]1C=C. The van der Waals surface area contributed by atoms with Gasteiger partial charge in [-0.05, 0) is 12.3 Å². The quantitative estimate of drug-likeness (QED) is 0.339. The zero-order chi connectivity index (χ0) is 5.28. The number of hydrogen-bond donors (Lipinski definition) is 0. The minimum Gasteiger partial charge on any atom is -0.120 e. The van der Waals surface area contributed by atoms with Gasteiger partial charge in [-0.2, -0.15) is 0 Å². The van der Waals surface area contributed by atoms with E-state index in [9.17, 15) is 0 Å². The normalized spacial score (nSPS) is 36.4. The van der Waals surface area contributed by atoms with Crippen LogP contribution in [0.3, 0.4) is 0 Å². The minimum absolute atomic E-state index is 0.525. The summed E-state index contributed by atoms with van der Waals surface area (Å²) in [6.45, 7) is 3.63. The average Bonchev–Trinajstić information content (AvgIpc) is 2.43. The number of hydrogen-bond acceptors (Lipinski definition) is 0. The predicted octanol–water partition coefficient (Wildman–Crippen LogP) is 1.44. The van der Waals surface area contributed by atoms with Crippen LogP contribution in [0.1, 0.15) is 6.42 Å². The van der Waals surface area contributed by atoms with Gasteiger partial charge in [-0.3, -0.25) is 0 Å². The fraction of sp³-hybridized carbons (Fsp3) is 0.429. The minimum atomic E-state index is 0.525. The molecule has 0 heteroatoms. The highest BCUT2D eigenvalue weighted by atomic mass is 14.3. The molecule has 0 amide bonds. The van der Waals surface area contributed by atoms with E-state index >= 15 is 0 Å². The predicted molar refractivity (Wildman–Crippen MR) is 30.6 cm³/mol. The second kappa shape index (κ2) is 1.42. The molecule has 0 radical (unpaired) electrons. The first-order valence-corrected chi connectivity index (χ1v) is 2.47. The van der Waals surface area contributed by atoms with Gasteiger partial charge in [-0.1, -0.05) is 6.08 Å². The van der Waals surface area contributed by atoms with Gasteiger partial charge in [0.25, 0.3) is 0 Å². The molecule has 0 saturated heterocycles. The Labute approximate surface area is 44.2 Å². The van der Waals surface area contributed by atoms with Crippen molar-refractivity contribution in [3.63, 3.8) is 0 Å². The van der Waals surface area contributed by atoms with E-state index in [1.54, 1.807) is 0 Å². The summed E-state index contributed by atoms with van der Waals surface area (Å²) >= 11 is 0. The molecule has 2 atom stereocenters. The fourth-order valence-corrected chi connectivity index (χ4v) is 0.667. The Morgan fingerprint density at radius 3 is 2.71 bits per heavy atom. The lowest BCUT2D eigenvalue weighted by Crippen LogP contribution is -1.66. The molecule has 1 aliphatic carbocycles. The standard InChI is InChI=1S/C7H8/c1-3-6-5-7(6)4-2/h1,4,6-7H,2,5H2/t6-,7+/m0/s1. The van der Waals surface area contributed by atoms with E-state index in [2.05, 4.69) is 12.5 Å². The Morgan fingerprint density at radius 1 is 1.86 bits per heavy atom. The van der Waals surface area contributed by atoms with Crippen LogP contribution < -0.4 is 0 Å². The Balaban J connectivity index is 2.34. The molecule has 0 aromatic heterocycles. The second-order valence-corrected chi connectivity index (χ2v) is 1.91. The first-order chi connectivity index (χ1) is 3.38. The summed E-state index contributed by atoms with van der Waals surface area (Å²) in [4.78, 5) is 0. The molecule has 0 bridgehead atoms. The number of allylic oxidation sites excluding steroid dienone is 1. The molecule has 1 fully saturated rings. The highest BCUT2D eigenvalue weighted by Gasteiger charge is 2.31. The zero-order valence-corrected chi connectivity index (χ0v) is 4.22. The topological polar surface area (TPSA) is 0 Å². The van der Waals surface area contributed by atoms with Gasteiger partial charge in [0.2, 0.25) is 0 Å². The van der Waals surface area contributed by atoms with Crippen molar-refractivity contribution in [2.75, 3.05) is 0 Å². The molecular formula is C7H8. The highest BCUT2D eigenvalue weighted by molar-refractivity contribution is 5.12. The molecule has 0 aromatic rings. The van der Waals surface area contributed by atoms with Crippen LogP contribution in [-0.4, -0.2) is 0 Å². The average molecular weight is 92.1 g/mol. The third-order valence-corrected chi connectivity index (χ3v) is 1.36. The van der Waals surface area contributed by atoms with Gasteiger partial charge in [-0.15, -0.1) is 18.9 Å². The molecule has 1 saturated carbocycles. The van der Waals surface area contributed by atoms with Crippen molar-refractivity contribution in [2.45, 2.75) is 6.42 Å². The van der Waals surface area contributed by atoms with Gasteiger partial charge in [0.15, 0.2) is 0 Å². The van der Waals surface area contributed by atoms with Gasteiger partial charge < -0.3 is 0 Å². The van der Waals surface area contributed by atoms with Gasteiger partial charge >= 0.3 is 0 Å². The number of terminal acetylenes is 1. The van der Waals surface area contributed by atoms with E-state index in [0.29, 0.717) is 11.8 Å². The first-order valence-electron chi connectivity index (χ1n) is 2.47. The molecule has 0 nitrogen and oxygen atoms in total. The Morgan fingerprint density at radius 2 is 2.57 bits per heavy atom. The van der Waals surface area contributed by atoms with Gasteiger partial charge in [0, 0.05) is 5.92 Å². The van der Waals surface area contributed by atoms with Gasteiger partial charge in [0.1, 0.15) is 0 Å². The van der Waals surface area contributed by atoms with E-state index in [1.807, 2.05) is 6.08 Å². The molecule has 1 aliphatic rings. The molecule has 7 heavy (non-hydrogen) atoms. The number of rotatable bonds is 1. The summed E-state index contributed by atoms with van der Waals surface area (Å²) in [6, 6.07) is 0. The highest BCUT2D eigenvalue weighted by Crippen LogP contribution is 2.37. The lowest BCUT2D eigenvalue weighted by Gasteiger charge is -1.72. The van der Waals surface area contributed by atoms with Crippen LogP contribution in [-0.2, 0) is 0 Å². The molecule has 1 rings (SSSR count). The van der Waals surface area contributed by atoms with Crippen LogP contribution in [0.4, 0.5) is 0 Å². The second-order valence-electron chi connectivity index (χ2n) is 1.91. The maximum atomic E-state index is 5.10. The van der Waals surface area contributed by atoms with Crippen LogP contribution >= 0.6 is 0 Å². The third-order valence-electron chi connectivity index (χ3n) is 1.36. The van der Waals surface area contributed by atoms with Crippen molar-refractivity contribution in [1.82, 2.24) is 0 Å². The largest absolute Gasteiger partial charge is 0.120 e. The van der Waals surface area contributed by atoms with E-state index in [0.717, 1.165) is 0 Å². The zero-order valence-electron chi connectivity index (χ0n) is 4.22. The van der Waals surface area contributed by atoms with Crippen molar-refractivity contribution < 1.29 is 0 Å². The molecule has 0 spiro atoms. The van der Waals surface area contributed by atoms with Crippen LogP contribution in [0.15, 0.2) is 12.7 Å². The Kier molecular flexibility index (Phi) is 0.906. The van der Waals surface area contributed by atoms with E-state index < -0.39 is 0 Å². The van der Waals surface area contributed by atoms with E-state index in [1.165, 1.54) is 6.42 Å².